The quantitative estimate of drug-likeness (QED) is 0.0567. The molecule has 1 aromatic heterocycles. The first-order valence-electron chi connectivity index (χ1n) is 10.4. The minimum absolute atomic E-state index is 0.596. The summed E-state index contributed by atoms with van der Waals surface area (Å²) < 4.78 is 48.5. The van der Waals surface area contributed by atoms with Crippen LogP contribution in [0.4, 0.5) is 0 Å². The van der Waals surface area contributed by atoms with E-state index < -0.39 is 95.3 Å². The van der Waals surface area contributed by atoms with Crippen LogP contribution >= 0.6 is 15.6 Å². The van der Waals surface area contributed by atoms with Crippen molar-refractivity contribution in [3.63, 3.8) is 0 Å². The number of ether oxygens (including phenoxy) is 2. The Bertz CT molecular complexity index is 1250. The summed E-state index contributed by atoms with van der Waals surface area (Å²) in [6.45, 7) is -1.64. The van der Waals surface area contributed by atoms with Crippen molar-refractivity contribution in [3.8, 4) is 0 Å². The van der Waals surface area contributed by atoms with Gasteiger partial charge in [-0.1, -0.05) is 5.11 Å². The van der Waals surface area contributed by atoms with E-state index in [1.807, 2.05) is 4.98 Å². The Hall–Kier alpha value is -2.03. The molecule has 21 nitrogen and oxygen atoms in total. The number of phosphoric ester groups is 2. The Kier molecular flexibility index (Phi) is 9.64. The topological polar surface area (TPSA) is 326 Å². The molecule has 0 aromatic carbocycles. The maximum absolute atomic E-state index is 12.3. The molecule has 1 aromatic rings. The largest absolute Gasteiger partial charge is 0.483 e. The lowest BCUT2D eigenvalue weighted by molar-refractivity contribution is -0.272. The first-order valence-corrected chi connectivity index (χ1v) is 13.4. The minimum atomic E-state index is -5.63. The summed E-state index contributed by atoms with van der Waals surface area (Å²) in [5, 5.41) is 53.1. The fraction of sp³-hybridized carbons (Fsp3) is 0.733. The molecule has 23 heteroatoms. The maximum Gasteiger partial charge on any atom is 0.483 e. The number of hydrogen-bond donors (Lipinski definition) is 8. The van der Waals surface area contributed by atoms with Gasteiger partial charge >= 0.3 is 21.3 Å². The summed E-state index contributed by atoms with van der Waals surface area (Å²) >= 11 is 0. The molecule has 0 amide bonds. The molecule has 0 bridgehead atoms. The van der Waals surface area contributed by atoms with E-state index in [0.717, 1.165) is 16.8 Å². The van der Waals surface area contributed by atoms with E-state index in [9.17, 15) is 54.0 Å². The number of rotatable bonds is 10. The highest BCUT2D eigenvalue weighted by atomic mass is 31.3. The van der Waals surface area contributed by atoms with E-state index >= 15 is 0 Å². The molecule has 0 radical (unpaired) electrons. The van der Waals surface area contributed by atoms with E-state index in [4.69, 9.17) is 15.0 Å². The van der Waals surface area contributed by atoms with Crippen LogP contribution in [0.2, 0.25) is 0 Å². The van der Waals surface area contributed by atoms with E-state index in [0.29, 0.717) is 0 Å². The predicted molar refractivity (Wildman–Crippen MR) is 116 cm³/mol. The number of aliphatic hydroxyl groups is 5. The molecule has 0 aliphatic carbocycles. The van der Waals surface area contributed by atoms with Crippen LogP contribution in [0.15, 0.2) is 27.0 Å². The van der Waals surface area contributed by atoms with Gasteiger partial charge in [-0.3, -0.25) is 23.4 Å². The summed E-state index contributed by atoms with van der Waals surface area (Å²) in [4.78, 5) is 47.1. The molecule has 3 unspecified atom stereocenters. The molecule has 0 saturated carbocycles. The number of phosphoric acid groups is 2. The number of aromatic nitrogens is 2. The SMILES string of the molecule is [N-]=[N+]=NC[C@H]1OC(OP(=O)(O)OP(=O)(O)OC[C@H]2O[C@@H](n3ccc(=O)[nH]c3=O)[C@H](O)[C@@H]2O)[C@H](O)[C@@H](O)[C@@H]1O. The Labute approximate surface area is 210 Å². The standard InChI is InChI=1S/C15H23N5O16P2/c16-19-17-3-5-8(22)10(24)12(26)14(34-5)35-38(30,31)36-37(28,29)32-4-6-9(23)11(25)13(33-6)20-2-1-7(21)18-15(20)27/h1-2,5-6,8-14,22-26H,3-4H2,(H,28,29)(H,30,31)(H,18,21,27)/t5-,6-,8-,9-,10+,11-,12-,13-,14?/m1/s1. The zero-order valence-electron chi connectivity index (χ0n) is 18.8. The monoisotopic (exact) mass is 591 g/mol. The number of nitrogens with zero attached hydrogens (tertiary/aromatic N) is 4. The van der Waals surface area contributed by atoms with Gasteiger partial charge in [0.1, 0.15) is 36.6 Å². The molecule has 2 saturated heterocycles. The number of azide groups is 1. The summed E-state index contributed by atoms with van der Waals surface area (Å²) in [5.41, 5.74) is 6.61. The van der Waals surface area contributed by atoms with Crippen molar-refractivity contribution >= 4 is 15.6 Å². The number of aliphatic hydroxyl groups excluding tert-OH is 5. The third-order valence-corrected chi connectivity index (χ3v) is 7.90. The van der Waals surface area contributed by atoms with Crippen LogP contribution in [-0.2, 0) is 32.0 Å². The third kappa shape index (κ3) is 7.13. The number of nitrogens with one attached hydrogen (secondary N) is 1. The van der Waals surface area contributed by atoms with Gasteiger partial charge in [-0.15, -0.1) is 0 Å². The van der Waals surface area contributed by atoms with Gasteiger partial charge in [0.15, 0.2) is 12.5 Å². The molecular formula is C15H23N5O16P2. The smallest absolute Gasteiger partial charge is 0.388 e. The van der Waals surface area contributed by atoms with E-state index in [2.05, 4.69) is 23.4 Å². The molecular weight excluding hydrogens is 568 g/mol. The molecule has 2 aliphatic heterocycles. The second kappa shape index (κ2) is 12.0. The molecule has 2 aliphatic rings. The van der Waals surface area contributed by atoms with E-state index in [1.165, 1.54) is 0 Å². The highest BCUT2D eigenvalue weighted by Gasteiger charge is 2.49. The third-order valence-electron chi connectivity index (χ3n) is 5.30. The normalized spacial score (nSPS) is 36.7. The maximum atomic E-state index is 12.3. The van der Waals surface area contributed by atoms with Crippen molar-refractivity contribution in [2.45, 2.75) is 55.2 Å². The van der Waals surface area contributed by atoms with Crippen molar-refractivity contribution < 1.29 is 67.3 Å². The Morgan fingerprint density at radius 1 is 1.00 bits per heavy atom. The van der Waals surface area contributed by atoms with Crippen LogP contribution in [0, 0.1) is 0 Å². The first-order chi connectivity index (χ1) is 17.7. The van der Waals surface area contributed by atoms with Crippen molar-refractivity contribution in [3.05, 3.63) is 43.5 Å². The van der Waals surface area contributed by atoms with Crippen LogP contribution in [0.3, 0.4) is 0 Å². The van der Waals surface area contributed by atoms with Crippen molar-refractivity contribution in [1.82, 2.24) is 9.55 Å². The average molecular weight is 591 g/mol. The number of hydrogen-bond acceptors (Lipinski definition) is 15. The second-order valence-electron chi connectivity index (χ2n) is 7.91. The zero-order valence-corrected chi connectivity index (χ0v) is 20.5. The molecule has 3 rings (SSSR count). The van der Waals surface area contributed by atoms with Crippen LogP contribution in [0.1, 0.15) is 6.23 Å². The molecule has 8 N–H and O–H groups in total. The van der Waals surface area contributed by atoms with Crippen molar-refractivity contribution in [1.29, 1.82) is 0 Å². The minimum Gasteiger partial charge on any atom is -0.388 e. The highest BCUT2D eigenvalue weighted by molar-refractivity contribution is 7.61. The van der Waals surface area contributed by atoms with Gasteiger partial charge in [-0.2, -0.15) is 4.31 Å². The summed E-state index contributed by atoms with van der Waals surface area (Å²) in [7, 11) is -11.1. The summed E-state index contributed by atoms with van der Waals surface area (Å²) in [6, 6.07) is 0.924. The molecule has 11 atom stereocenters. The average Bonchev–Trinajstić information content (AvgIpc) is 3.10. The van der Waals surface area contributed by atoms with E-state index in [-0.39, 0.29) is 0 Å². The second-order valence-corrected chi connectivity index (χ2v) is 10.9. The van der Waals surface area contributed by atoms with Crippen LogP contribution in [-0.4, -0.2) is 107 Å². The van der Waals surface area contributed by atoms with Gasteiger partial charge < -0.3 is 44.8 Å². The zero-order chi connectivity index (χ0) is 28.4. The Morgan fingerprint density at radius 3 is 2.29 bits per heavy atom. The molecule has 3 heterocycles. The van der Waals surface area contributed by atoms with Gasteiger partial charge in [0.2, 0.25) is 0 Å². The van der Waals surface area contributed by atoms with Crippen molar-refractivity contribution in [2.75, 3.05) is 13.2 Å². The predicted octanol–water partition coefficient (Wildman–Crippen LogP) is -3.48. The Balaban J connectivity index is 1.62. The fourth-order valence-corrected chi connectivity index (χ4v) is 5.63. The van der Waals surface area contributed by atoms with Crippen molar-refractivity contribution in [2.24, 2.45) is 5.11 Å². The molecule has 2 fully saturated rings. The van der Waals surface area contributed by atoms with E-state index in [1.54, 1.807) is 0 Å². The van der Waals surface area contributed by atoms with Crippen LogP contribution < -0.4 is 11.2 Å². The van der Waals surface area contributed by atoms with Gasteiger partial charge in [0, 0.05) is 17.2 Å². The number of aromatic amines is 1. The van der Waals surface area contributed by atoms with Crippen LogP contribution in [0.25, 0.3) is 10.4 Å². The van der Waals surface area contributed by atoms with Gasteiger partial charge in [0.05, 0.1) is 19.3 Å². The van der Waals surface area contributed by atoms with Crippen LogP contribution in [0.5, 0.6) is 0 Å². The Morgan fingerprint density at radius 2 is 1.66 bits per heavy atom. The van der Waals surface area contributed by atoms with Gasteiger partial charge in [-0.05, 0) is 5.53 Å². The fourth-order valence-electron chi connectivity index (χ4n) is 3.47. The molecule has 214 valence electrons. The molecule has 0 spiro atoms. The first kappa shape index (κ1) is 30.5. The highest BCUT2D eigenvalue weighted by Crippen LogP contribution is 2.61. The van der Waals surface area contributed by atoms with Gasteiger partial charge in [-0.25, -0.2) is 13.9 Å². The molecule has 38 heavy (non-hydrogen) atoms. The lowest BCUT2D eigenvalue weighted by Crippen LogP contribution is -2.58. The van der Waals surface area contributed by atoms with Gasteiger partial charge in [0.25, 0.3) is 5.56 Å². The summed E-state index contributed by atoms with van der Waals surface area (Å²) in [5.74, 6) is 0. The number of H-pyrrole nitrogens is 1. The summed E-state index contributed by atoms with van der Waals surface area (Å²) in [6.07, 6.45) is -15.5. The lowest BCUT2D eigenvalue weighted by atomic mass is 9.99. The lowest BCUT2D eigenvalue weighted by Gasteiger charge is -2.39.